The van der Waals surface area contributed by atoms with Crippen molar-refractivity contribution in [3.63, 3.8) is 0 Å². The van der Waals surface area contributed by atoms with Crippen molar-refractivity contribution >= 4 is 45.1 Å². The van der Waals surface area contributed by atoms with Gasteiger partial charge in [-0.2, -0.15) is 0 Å². The molecule has 0 unspecified atom stereocenters. The number of aromatic nitrogens is 2. The summed E-state index contributed by atoms with van der Waals surface area (Å²) in [6, 6.07) is 0. The molecule has 0 atom stereocenters. The lowest BCUT2D eigenvalue weighted by atomic mass is 10.2. The molecule has 0 bridgehead atoms. The highest BCUT2D eigenvalue weighted by Gasteiger charge is 2.25. The Balaban J connectivity index is 1.29. The molecule has 168 valence electrons. The zero-order valence-electron chi connectivity index (χ0n) is 18.3. The number of amides is 2. The zero-order chi connectivity index (χ0) is 22.0. The van der Waals surface area contributed by atoms with Crippen LogP contribution in [0.1, 0.15) is 16.3 Å². The van der Waals surface area contributed by atoms with E-state index in [1.807, 2.05) is 16.7 Å². The third-order valence-electron chi connectivity index (χ3n) is 5.89. The standard InChI is InChI=1S/C21H29N5O3S2/c1-14-15(2)31-21-19(14)20(22-16(3)23-21)30-13-18(28)25-6-4-24(5-7-25)12-17(27)26-8-10-29-11-9-26/h4-13H2,1-3H3. The van der Waals surface area contributed by atoms with Crippen LogP contribution in [0.2, 0.25) is 0 Å². The molecule has 2 aromatic rings. The van der Waals surface area contributed by atoms with Crippen LogP contribution >= 0.6 is 23.1 Å². The van der Waals surface area contributed by atoms with Crippen molar-refractivity contribution in [2.75, 3.05) is 64.8 Å². The molecule has 0 spiro atoms. The normalized spacial score (nSPS) is 18.0. The van der Waals surface area contributed by atoms with Gasteiger partial charge in [0.2, 0.25) is 11.8 Å². The predicted molar refractivity (Wildman–Crippen MR) is 123 cm³/mol. The molecule has 4 rings (SSSR count). The Morgan fingerprint density at radius 2 is 1.65 bits per heavy atom. The summed E-state index contributed by atoms with van der Waals surface area (Å²) in [5.41, 5.74) is 1.20. The second-order valence-electron chi connectivity index (χ2n) is 7.98. The Bertz CT molecular complexity index is 966. The van der Waals surface area contributed by atoms with Gasteiger partial charge in [0, 0.05) is 49.5 Å². The molecule has 2 amide bonds. The van der Waals surface area contributed by atoms with E-state index < -0.39 is 0 Å². The van der Waals surface area contributed by atoms with Gasteiger partial charge in [-0.25, -0.2) is 9.97 Å². The highest BCUT2D eigenvalue weighted by atomic mass is 32.2. The number of carbonyl (C=O) groups excluding carboxylic acids is 2. The fraction of sp³-hybridized carbons (Fsp3) is 0.619. The number of ether oxygens (including phenoxy) is 1. The van der Waals surface area contributed by atoms with E-state index in [1.54, 1.807) is 11.3 Å². The predicted octanol–water partition coefficient (Wildman–Crippen LogP) is 1.71. The number of rotatable bonds is 5. The quantitative estimate of drug-likeness (QED) is 0.493. The summed E-state index contributed by atoms with van der Waals surface area (Å²) in [5.74, 6) is 1.38. The maximum atomic E-state index is 12.8. The molecule has 8 nitrogen and oxygen atoms in total. The molecule has 0 radical (unpaired) electrons. The first-order chi connectivity index (χ1) is 14.9. The largest absolute Gasteiger partial charge is 0.378 e. The SMILES string of the molecule is Cc1nc(SCC(=O)N2CCN(CC(=O)N3CCOCC3)CC2)c2c(C)c(C)sc2n1. The number of thioether (sulfide) groups is 1. The Hall–Kier alpha value is -1.75. The minimum atomic E-state index is 0.123. The fourth-order valence-electron chi connectivity index (χ4n) is 3.90. The first-order valence-corrected chi connectivity index (χ1v) is 12.5. The summed E-state index contributed by atoms with van der Waals surface area (Å²) < 4.78 is 5.31. The number of hydrogen-bond acceptors (Lipinski definition) is 8. The molecule has 10 heteroatoms. The topological polar surface area (TPSA) is 78.9 Å². The van der Waals surface area contributed by atoms with Crippen LogP contribution in [0.25, 0.3) is 10.2 Å². The number of carbonyl (C=O) groups is 2. The van der Waals surface area contributed by atoms with Crippen LogP contribution in [0.3, 0.4) is 0 Å². The van der Waals surface area contributed by atoms with Gasteiger partial charge >= 0.3 is 0 Å². The first-order valence-electron chi connectivity index (χ1n) is 10.6. The van der Waals surface area contributed by atoms with Crippen molar-refractivity contribution in [1.82, 2.24) is 24.7 Å². The highest BCUT2D eigenvalue weighted by molar-refractivity contribution is 8.00. The van der Waals surface area contributed by atoms with Crippen LogP contribution in [-0.4, -0.2) is 101 Å². The van der Waals surface area contributed by atoms with Crippen LogP contribution in [-0.2, 0) is 14.3 Å². The van der Waals surface area contributed by atoms with E-state index in [1.165, 1.54) is 22.2 Å². The van der Waals surface area contributed by atoms with Gasteiger partial charge < -0.3 is 14.5 Å². The summed E-state index contributed by atoms with van der Waals surface area (Å²) in [6.07, 6.45) is 0. The minimum Gasteiger partial charge on any atom is -0.378 e. The molecule has 0 aliphatic carbocycles. The van der Waals surface area contributed by atoms with Crippen LogP contribution in [0, 0.1) is 20.8 Å². The van der Waals surface area contributed by atoms with Gasteiger partial charge in [-0.15, -0.1) is 11.3 Å². The van der Waals surface area contributed by atoms with Gasteiger partial charge in [-0.3, -0.25) is 14.5 Å². The average molecular weight is 464 g/mol. The Labute approximate surface area is 190 Å². The minimum absolute atomic E-state index is 0.123. The molecule has 0 N–H and O–H groups in total. The van der Waals surface area contributed by atoms with Crippen molar-refractivity contribution < 1.29 is 14.3 Å². The smallest absolute Gasteiger partial charge is 0.236 e. The molecule has 2 saturated heterocycles. The van der Waals surface area contributed by atoms with E-state index in [4.69, 9.17) is 4.74 Å². The molecule has 2 aromatic heterocycles. The second kappa shape index (κ2) is 9.81. The van der Waals surface area contributed by atoms with Crippen LogP contribution in [0.15, 0.2) is 5.03 Å². The number of thiophene rings is 1. The van der Waals surface area contributed by atoms with E-state index in [9.17, 15) is 9.59 Å². The van der Waals surface area contributed by atoms with Crippen molar-refractivity contribution in [2.24, 2.45) is 0 Å². The number of morpholine rings is 1. The van der Waals surface area contributed by atoms with Crippen molar-refractivity contribution in [1.29, 1.82) is 0 Å². The summed E-state index contributed by atoms with van der Waals surface area (Å²) in [6.45, 7) is 11.9. The monoisotopic (exact) mass is 463 g/mol. The first kappa shape index (κ1) is 22.4. The summed E-state index contributed by atoms with van der Waals surface area (Å²) in [7, 11) is 0. The van der Waals surface area contributed by atoms with E-state index in [2.05, 4.69) is 28.7 Å². The maximum absolute atomic E-state index is 12.8. The van der Waals surface area contributed by atoms with Crippen LogP contribution < -0.4 is 0 Å². The third kappa shape index (κ3) is 5.19. The van der Waals surface area contributed by atoms with E-state index >= 15 is 0 Å². The molecule has 0 saturated carbocycles. The van der Waals surface area contributed by atoms with E-state index in [-0.39, 0.29) is 11.8 Å². The van der Waals surface area contributed by atoms with Gasteiger partial charge in [-0.1, -0.05) is 11.8 Å². The number of nitrogens with zero attached hydrogens (tertiary/aromatic N) is 5. The Morgan fingerprint density at radius 3 is 2.35 bits per heavy atom. The summed E-state index contributed by atoms with van der Waals surface area (Å²) in [4.78, 5) is 42.6. The van der Waals surface area contributed by atoms with Crippen LogP contribution in [0.5, 0.6) is 0 Å². The van der Waals surface area contributed by atoms with Crippen molar-refractivity contribution in [3.05, 3.63) is 16.3 Å². The molecular weight excluding hydrogens is 434 g/mol. The lowest BCUT2D eigenvalue weighted by Crippen LogP contribution is -2.53. The molecular formula is C21H29N5O3S2. The van der Waals surface area contributed by atoms with E-state index in [0.717, 1.165) is 34.2 Å². The Morgan fingerprint density at radius 1 is 0.968 bits per heavy atom. The number of aryl methyl sites for hydroxylation is 3. The molecule has 31 heavy (non-hydrogen) atoms. The number of fused-ring (bicyclic) bond motifs is 1. The Kier molecular flexibility index (Phi) is 7.10. The summed E-state index contributed by atoms with van der Waals surface area (Å²) in [5, 5.41) is 1.98. The van der Waals surface area contributed by atoms with Gasteiger partial charge in [0.05, 0.1) is 25.5 Å². The number of hydrogen-bond donors (Lipinski definition) is 0. The van der Waals surface area contributed by atoms with Crippen molar-refractivity contribution in [3.8, 4) is 0 Å². The number of piperazine rings is 1. The third-order valence-corrected chi connectivity index (χ3v) is 7.95. The zero-order valence-corrected chi connectivity index (χ0v) is 20.0. The molecule has 2 aliphatic heterocycles. The van der Waals surface area contributed by atoms with Crippen molar-refractivity contribution in [2.45, 2.75) is 25.8 Å². The molecule has 4 heterocycles. The molecule has 2 fully saturated rings. The lowest BCUT2D eigenvalue weighted by molar-refractivity contribution is -0.137. The van der Waals surface area contributed by atoms with Gasteiger partial charge in [-0.05, 0) is 26.3 Å². The van der Waals surface area contributed by atoms with E-state index in [0.29, 0.717) is 51.7 Å². The summed E-state index contributed by atoms with van der Waals surface area (Å²) >= 11 is 3.18. The van der Waals surface area contributed by atoms with Gasteiger partial charge in [0.1, 0.15) is 15.7 Å². The highest BCUT2D eigenvalue weighted by Crippen LogP contribution is 2.35. The van der Waals surface area contributed by atoms with Crippen LogP contribution in [0.4, 0.5) is 0 Å². The maximum Gasteiger partial charge on any atom is 0.236 e. The fourth-order valence-corrected chi connectivity index (χ4v) is 6.07. The second-order valence-corrected chi connectivity index (χ2v) is 10.1. The molecule has 0 aromatic carbocycles. The van der Waals surface area contributed by atoms with Gasteiger partial charge in [0.25, 0.3) is 0 Å². The lowest BCUT2D eigenvalue weighted by Gasteiger charge is -2.36. The van der Waals surface area contributed by atoms with Gasteiger partial charge in [0.15, 0.2) is 0 Å². The molecule has 2 aliphatic rings. The average Bonchev–Trinajstić information content (AvgIpc) is 3.06.